The van der Waals surface area contributed by atoms with Crippen LogP contribution in [-0.2, 0) is 0 Å². The van der Waals surface area contributed by atoms with Crippen LogP contribution in [-0.4, -0.2) is 24.7 Å². The van der Waals surface area contributed by atoms with Crippen molar-refractivity contribution in [2.45, 2.75) is 30.6 Å². The molecule has 2 N–H and O–H groups in total. The highest BCUT2D eigenvalue weighted by atomic mass is 35.5. The molecule has 1 heterocycles. The fourth-order valence-corrected chi connectivity index (χ4v) is 3.81. The van der Waals surface area contributed by atoms with Gasteiger partial charge >= 0.3 is 0 Å². The highest BCUT2D eigenvalue weighted by molar-refractivity contribution is 7.99. The van der Waals surface area contributed by atoms with Gasteiger partial charge in [-0.05, 0) is 67.0 Å². The summed E-state index contributed by atoms with van der Waals surface area (Å²) < 4.78 is 0. The van der Waals surface area contributed by atoms with E-state index in [1.807, 2.05) is 36.4 Å². The lowest BCUT2D eigenvalue weighted by Gasteiger charge is -2.25. The largest absolute Gasteiger partial charge is 0.322 e. The van der Waals surface area contributed by atoms with Gasteiger partial charge in [-0.2, -0.15) is 0 Å². The van der Waals surface area contributed by atoms with Gasteiger partial charge in [0.15, 0.2) is 0 Å². The smallest absolute Gasteiger partial charge is 0.255 e. The first-order valence-corrected chi connectivity index (χ1v) is 9.60. The number of amides is 1. The van der Waals surface area contributed by atoms with Crippen molar-refractivity contribution in [2.24, 2.45) is 0 Å². The van der Waals surface area contributed by atoms with E-state index in [1.165, 1.54) is 23.3 Å². The highest BCUT2D eigenvalue weighted by Gasteiger charge is 2.19. The van der Waals surface area contributed by atoms with Crippen molar-refractivity contribution < 1.29 is 4.79 Å². The van der Waals surface area contributed by atoms with E-state index in [0.29, 0.717) is 11.5 Å². The lowest BCUT2D eigenvalue weighted by atomic mass is 9.90. The van der Waals surface area contributed by atoms with E-state index in [2.05, 4.69) is 29.7 Å². The maximum absolute atomic E-state index is 12.6. The van der Waals surface area contributed by atoms with E-state index in [-0.39, 0.29) is 18.3 Å². The Morgan fingerprint density at radius 2 is 1.96 bits per heavy atom. The summed E-state index contributed by atoms with van der Waals surface area (Å²) in [5.74, 6) is 1.46. The Balaban J connectivity index is 0.00000225. The van der Waals surface area contributed by atoms with Crippen LogP contribution in [0.3, 0.4) is 0 Å². The molecular formula is C20H25ClN2OS. The summed E-state index contributed by atoms with van der Waals surface area (Å²) in [4.78, 5) is 13.8. The lowest BCUT2D eigenvalue weighted by molar-refractivity contribution is 0.102. The number of rotatable bonds is 5. The Morgan fingerprint density at radius 1 is 1.20 bits per heavy atom. The summed E-state index contributed by atoms with van der Waals surface area (Å²) >= 11 is 1.78. The second kappa shape index (κ2) is 9.85. The van der Waals surface area contributed by atoms with Crippen LogP contribution in [0.15, 0.2) is 53.4 Å². The fraction of sp³-hybridized carbons (Fsp3) is 0.350. The molecule has 0 aromatic heterocycles. The monoisotopic (exact) mass is 376 g/mol. The summed E-state index contributed by atoms with van der Waals surface area (Å²) in [6.07, 6.45) is 2.35. The van der Waals surface area contributed by atoms with Crippen LogP contribution >= 0.6 is 24.2 Å². The third kappa shape index (κ3) is 5.24. The van der Waals surface area contributed by atoms with Gasteiger partial charge in [-0.1, -0.05) is 25.1 Å². The normalized spacial score (nSPS) is 16.8. The number of thioether (sulfide) groups is 1. The molecule has 25 heavy (non-hydrogen) atoms. The van der Waals surface area contributed by atoms with E-state index < -0.39 is 0 Å². The minimum Gasteiger partial charge on any atom is -0.322 e. The third-order valence-corrected chi connectivity index (χ3v) is 5.27. The van der Waals surface area contributed by atoms with Gasteiger partial charge in [0.1, 0.15) is 0 Å². The van der Waals surface area contributed by atoms with Crippen molar-refractivity contribution in [3.05, 3.63) is 59.7 Å². The van der Waals surface area contributed by atoms with Crippen molar-refractivity contribution in [2.75, 3.05) is 24.2 Å². The highest BCUT2D eigenvalue weighted by Crippen LogP contribution is 2.29. The van der Waals surface area contributed by atoms with E-state index in [9.17, 15) is 4.79 Å². The molecule has 3 rings (SSSR count). The molecule has 0 spiro atoms. The molecule has 5 heteroatoms. The summed E-state index contributed by atoms with van der Waals surface area (Å²) in [6.45, 7) is 4.20. The number of halogens is 1. The standard InChI is InChI=1S/C20H24N2OS.ClH/c1-2-24-17-11-9-15(10-12-17)20(23)22-19-8-4-3-7-18(19)16-6-5-13-21-14-16;/h3-4,7-12,16,21H,2,5-6,13-14H2,1H3,(H,22,23);1H/t16-;/m1./s1. The molecule has 2 aromatic rings. The Kier molecular flexibility index (Phi) is 7.82. The van der Waals surface area contributed by atoms with Crippen LogP contribution in [0.2, 0.25) is 0 Å². The molecule has 0 unspecified atom stereocenters. The Labute approximate surface area is 160 Å². The van der Waals surface area contributed by atoms with Crippen molar-refractivity contribution in [3.63, 3.8) is 0 Å². The van der Waals surface area contributed by atoms with Gasteiger partial charge in [0.2, 0.25) is 0 Å². The molecule has 1 atom stereocenters. The quantitative estimate of drug-likeness (QED) is 0.726. The summed E-state index contributed by atoms with van der Waals surface area (Å²) in [5, 5.41) is 6.55. The van der Waals surface area contributed by atoms with Crippen LogP contribution in [0.4, 0.5) is 5.69 Å². The second-order valence-electron chi connectivity index (χ2n) is 6.04. The fourth-order valence-electron chi connectivity index (χ4n) is 3.15. The zero-order valence-corrected chi connectivity index (χ0v) is 16.1. The van der Waals surface area contributed by atoms with Crippen LogP contribution in [0.1, 0.15) is 41.6 Å². The minimum atomic E-state index is -0.0423. The first kappa shape index (κ1) is 19.8. The van der Waals surface area contributed by atoms with Gasteiger partial charge in [0, 0.05) is 22.7 Å². The van der Waals surface area contributed by atoms with Crippen molar-refractivity contribution in [3.8, 4) is 0 Å². The molecule has 3 nitrogen and oxygen atoms in total. The van der Waals surface area contributed by atoms with Gasteiger partial charge in [0.05, 0.1) is 0 Å². The first-order valence-electron chi connectivity index (χ1n) is 8.62. The molecular weight excluding hydrogens is 352 g/mol. The number of hydrogen-bond acceptors (Lipinski definition) is 3. The number of carbonyl (C=O) groups is 1. The van der Waals surface area contributed by atoms with Gasteiger partial charge in [-0.3, -0.25) is 4.79 Å². The summed E-state index contributed by atoms with van der Waals surface area (Å²) in [5.41, 5.74) is 2.87. The molecule has 0 saturated carbocycles. The molecule has 0 radical (unpaired) electrons. The van der Waals surface area contributed by atoms with E-state index in [0.717, 1.165) is 24.5 Å². The number of anilines is 1. The molecule has 1 saturated heterocycles. The minimum absolute atomic E-state index is 0. The van der Waals surface area contributed by atoms with Crippen LogP contribution in [0, 0.1) is 0 Å². The van der Waals surface area contributed by atoms with Gasteiger partial charge in [0.25, 0.3) is 5.91 Å². The number of piperidine rings is 1. The second-order valence-corrected chi connectivity index (χ2v) is 7.38. The number of hydrogen-bond donors (Lipinski definition) is 2. The predicted molar refractivity (Wildman–Crippen MR) is 109 cm³/mol. The third-order valence-electron chi connectivity index (χ3n) is 4.37. The van der Waals surface area contributed by atoms with Gasteiger partial charge in [-0.15, -0.1) is 24.2 Å². The molecule has 1 aliphatic heterocycles. The molecule has 2 aromatic carbocycles. The Hall–Kier alpha value is -1.49. The van der Waals surface area contributed by atoms with Crippen LogP contribution < -0.4 is 10.6 Å². The molecule has 1 amide bonds. The molecule has 134 valence electrons. The predicted octanol–water partition coefficient (Wildman–Crippen LogP) is 4.94. The maximum atomic E-state index is 12.6. The van der Waals surface area contributed by atoms with E-state index in [1.54, 1.807) is 11.8 Å². The molecule has 0 bridgehead atoms. The average molecular weight is 377 g/mol. The molecule has 1 aliphatic rings. The zero-order chi connectivity index (χ0) is 16.8. The zero-order valence-electron chi connectivity index (χ0n) is 14.5. The van der Waals surface area contributed by atoms with Crippen molar-refractivity contribution >= 4 is 35.8 Å². The molecule has 0 aliphatic carbocycles. The first-order chi connectivity index (χ1) is 11.8. The van der Waals surface area contributed by atoms with Gasteiger partial charge < -0.3 is 10.6 Å². The SMILES string of the molecule is CCSc1ccc(C(=O)Nc2ccccc2[C@@H]2CCCNC2)cc1.Cl. The lowest BCUT2D eigenvalue weighted by Crippen LogP contribution is -2.29. The van der Waals surface area contributed by atoms with Crippen molar-refractivity contribution in [1.29, 1.82) is 0 Å². The van der Waals surface area contributed by atoms with Crippen LogP contribution in [0.5, 0.6) is 0 Å². The number of para-hydroxylation sites is 1. The number of carbonyl (C=O) groups excluding carboxylic acids is 1. The van der Waals surface area contributed by atoms with E-state index in [4.69, 9.17) is 0 Å². The van der Waals surface area contributed by atoms with Gasteiger partial charge in [-0.25, -0.2) is 0 Å². The summed E-state index contributed by atoms with van der Waals surface area (Å²) in [7, 11) is 0. The topological polar surface area (TPSA) is 41.1 Å². The van der Waals surface area contributed by atoms with E-state index >= 15 is 0 Å². The Bertz CT molecular complexity index is 684. The van der Waals surface area contributed by atoms with Crippen LogP contribution in [0.25, 0.3) is 0 Å². The average Bonchev–Trinajstić information content (AvgIpc) is 2.64. The Morgan fingerprint density at radius 3 is 2.64 bits per heavy atom. The maximum Gasteiger partial charge on any atom is 0.255 e. The number of nitrogens with one attached hydrogen (secondary N) is 2. The van der Waals surface area contributed by atoms with Crippen molar-refractivity contribution in [1.82, 2.24) is 5.32 Å². The number of benzene rings is 2. The molecule has 1 fully saturated rings. The summed E-state index contributed by atoms with van der Waals surface area (Å²) in [6, 6.07) is 16.0.